The molecule has 2 nitrogen and oxygen atoms in total. The maximum atomic E-state index is 14.4. The molecule has 8 aromatic carbocycles. The van der Waals surface area contributed by atoms with Gasteiger partial charge < -0.3 is 0 Å². The molecule has 0 aliphatic carbocycles. The van der Waals surface area contributed by atoms with Crippen molar-refractivity contribution in [2.45, 2.75) is 0 Å². The number of aromatic nitrogens is 1. The van der Waals surface area contributed by atoms with Crippen LogP contribution in [0.3, 0.4) is 0 Å². The SMILES string of the molecule is O=c1c2ccccc2c2cc(-c3ccccc3)ccc2n1-c1ccccc1-c1ccc2c3ccccc3c3ccccc3c2c1. The van der Waals surface area contributed by atoms with E-state index in [0.29, 0.717) is 5.39 Å². The van der Waals surface area contributed by atoms with Crippen LogP contribution in [-0.4, -0.2) is 4.57 Å². The molecular weight excluding hydrogens is 546 g/mol. The van der Waals surface area contributed by atoms with Crippen molar-refractivity contribution in [1.82, 2.24) is 4.57 Å². The summed E-state index contributed by atoms with van der Waals surface area (Å²) in [4.78, 5) is 14.4. The quantitative estimate of drug-likeness (QED) is 0.193. The highest BCUT2D eigenvalue weighted by Gasteiger charge is 2.17. The summed E-state index contributed by atoms with van der Waals surface area (Å²) >= 11 is 0. The Labute approximate surface area is 260 Å². The third-order valence-electron chi connectivity index (χ3n) is 9.20. The zero-order chi connectivity index (χ0) is 29.9. The fourth-order valence-electron chi connectivity index (χ4n) is 7.12. The number of hydrogen-bond acceptors (Lipinski definition) is 1. The molecule has 2 heteroatoms. The molecule has 0 fully saturated rings. The molecule has 9 aromatic rings. The molecule has 45 heavy (non-hydrogen) atoms. The fourth-order valence-corrected chi connectivity index (χ4v) is 7.12. The molecule has 0 aliphatic rings. The van der Waals surface area contributed by atoms with E-state index in [1.165, 1.54) is 32.3 Å². The zero-order valence-corrected chi connectivity index (χ0v) is 24.4. The van der Waals surface area contributed by atoms with Crippen molar-refractivity contribution in [2.24, 2.45) is 0 Å². The fraction of sp³-hybridized carbons (Fsp3) is 0. The second-order valence-corrected chi connectivity index (χ2v) is 11.7. The molecule has 0 radical (unpaired) electrons. The van der Waals surface area contributed by atoms with Gasteiger partial charge in [0, 0.05) is 16.3 Å². The van der Waals surface area contributed by atoms with E-state index < -0.39 is 0 Å². The van der Waals surface area contributed by atoms with Gasteiger partial charge in [-0.2, -0.15) is 0 Å². The van der Waals surface area contributed by atoms with Crippen molar-refractivity contribution < 1.29 is 0 Å². The maximum Gasteiger partial charge on any atom is 0.263 e. The van der Waals surface area contributed by atoms with Crippen molar-refractivity contribution >= 4 is 54.0 Å². The minimum Gasteiger partial charge on any atom is -0.276 e. The highest BCUT2D eigenvalue weighted by atomic mass is 16.1. The average Bonchev–Trinajstić information content (AvgIpc) is 3.12. The van der Waals surface area contributed by atoms with Crippen LogP contribution < -0.4 is 5.56 Å². The molecule has 1 aromatic heterocycles. The summed E-state index contributed by atoms with van der Waals surface area (Å²) in [6.45, 7) is 0. The lowest BCUT2D eigenvalue weighted by molar-refractivity contribution is 1.06. The van der Waals surface area contributed by atoms with Gasteiger partial charge in [-0.1, -0.05) is 133 Å². The first-order chi connectivity index (χ1) is 22.3. The van der Waals surface area contributed by atoms with Crippen LogP contribution in [0.4, 0.5) is 0 Å². The van der Waals surface area contributed by atoms with E-state index in [4.69, 9.17) is 0 Å². The molecule has 0 saturated carbocycles. The van der Waals surface area contributed by atoms with Crippen LogP contribution in [0.15, 0.2) is 169 Å². The summed E-state index contributed by atoms with van der Waals surface area (Å²) < 4.78 is 1.91. The summed E-state index contributed by atoms with van der Waals surface area (Å²) in [5.74, 6) is 0. The summed E-state index contributed by atoms with van der Waals surface area (Å²) in [6, 6.07) is 57.1. The summed E-state index contributed by atoms with van der Waals surface area (Å²) in [5, 5.41) is 10.2. The first kappa shape index (κ1) is 25.5. The van der Waals surface area contributed by atoms with Gasteiger partial charge in [0.2, 0.25) is 0 Å². The number of hydrogen-bond donors (Lipinski definition) is 0. The van der Waals surface area contributed by atoms with Gasteiger partial charge in [0.1, 0.15) is 0 Å². The van der Waals surface area contributed by atoms with E-state index in [0.717, 1.165) is 44.2 Å². The van der Waals surface area contributed by atoms with Gasteiger partial charge in [0.15, 0.2) is 0 Å². The van der Waals surface area contributed by atoms with Crippen LogP contribution in [0.25, 0.3) is 81.9 Å². The van der Waals surface area contributed by atoms with Crippen LogP contribution in [0.1, 0.15) is 0 Å². The molecule has 0 N–H and O–H groups in total. The van der Waals surface area contributed by atoms with Gasteiger partial charge in [0.05, 0.1) is 11.2 Å². The number of nitrogens with zero attached hydrogens (tertiary/aromatic N) is 1. The van der Waals surface area contributed by atoms with E-state index in [1.54, 1.807) is 0 Å². The Kier molecular flexibility index (Phi) is 5.69. The summed E-state index contributed by atoms with van der Waals surface area (Å²) in [5.41, 5.74) is 6.11. The summed E-state index contributed by atoms with van der Waals surface area (Å²) in [6.07, 6.45) is 0. The molecule has 1 heterocycles. The van der Waals surface area contributed by atoms with E-state index in [2.05, 4.69) is 133 Å². The largest absolute Gasteiger partial charge is 0.276 e. The van der Waals surface area contributed by atoms with Crippen LogP contribution in [0, 0.1) is 0 Å². The van der Waals surface area contributed by atoms with Gasteiger partial charge >= 0.3 is 0 Å². The maximum absolute atomic E-state index is 14.4. The Balaban J connectivity index is 1.34. The summed E-state index contributed by atoms with van der Waals surface area (Å²) in [7, 11) is 0. The van der Waals surface area contributed by atoms with Crippen molar-refractivity contribution in [3.05, 3.63) is 174 Å². The topological polar surface area (TPSA) is 22.0 Å². The third-order valence-corrected chi connectivity index (χ3v) is 9.20. The number of benzene rings is 8. The smallest absolute Gasteiger partial charge is 0.263 e. The lowest BCUT2D eigenvalue weighted by Gasteiger charge is -2.18. The van der Waals surface area contributed by atoms with Gasteiger partial charge in [0.25, 0.3) is 5.56 Å². The first-order valence-electron chi connectivity index (χ1n) is 15.3. The van der Waals surface area contributed by atoms with E-state index in [9.17, 15) is 4.79 Å². The molecule has 210 valence electrons. The van der Waals surface area contributed by atoms with Gasteiger partial charge in [-0.15, -0.1) is 0 Å². The molecule has 0 spiro atoms. The molecule has 0 atom stereocenters. The number of fused-ring (bicyclic) bond motifs is 9. The van der Waals surface area contributed by atoms with Crippen LogP contribution in [0.2, 0.25) is 0 Å². The molecule has 0 amide bonds. The normalized spacial score (nSPS) is 11.6. The lowest BCUT2D eigenvalue weighted by Crippen LogP contribution is -2.20. The van der Waals surface area contributed by atoms with Gasteiger partial charge in [-0.05, 0) is 84.7 Å². The predicted molar refractivity (Wildman–Crippen MR) is 190 cm³/mol. The van der Waals surface area contributed by atoms with Crippen LogP contribution >= 0.6 is 0 Å². The minimum absolute atomic E-state index is 0.0183. The van der Waals surface area contributed by atoms with Crippen LogP contribution in [-0.2, 0) is 0 Å². The Morgan fingerprint density at radius 1 is 0.333 bits per heavy atom. The number of pyridine rings is 1. The van der Waals surface area contributed by atoms with Gasteiger partial charge in [-0.3, -0.25) is 9.36 Å². The Bertz CT molecular complexity index is 2630. The molecule has 0 bridgehead atoms. The minimum atomic E-state index is -0.0183. The second-order valence-electron chi connectivity index (χ2n) is 11.7. The molecule has 0 aliphatic heterocycles. The molecule has 0 unspecified atom stereocenters. The highest BCUT2D eigenvalue weighted by molar-refractivity contribution is 6.25. The first-order valence-corrected chi connectivity index (χ1v) is 15.3. The number of rotatable bonds is 3. The molecule has 0 saturated heterocycles. The highest BCUT2D eigenvalue weighted by Crippen LogP contribution is 2.39. The molecule has 9 rings (SSSR count). The van der Waals surface area contributed by atoms with Crippen molar-refractivity contribution in [3.8, 4) is 27.9 Å². The zero-order valence-electron chi connectivity index (χ0n) is 24.4. The van der Waals surface area contributed by atoms with Crippen molar-refractivity contribution in [2.75, 3.05) is 0 Å². The van der Waals surface area contributed by atoms with E-state index >= 15 is 0 Å². The van der Waals surface area contributed by atoms with Gasteiger partial charge in [-0.25, -0.2) is 0 Å². The Morgan fingerprint density at radius 3 is 1.51 bits per heavy atom. The van der Waals surface area contributed by atoms with Crippen molar-refractivity contribution in [1.29, 1.82) is 0 Å². The third kappa shape index (κ3) is 3.93. The van der Waals surface area contributed by atoms with Crippen LogP contribution in [0.5, 0.6) is 0 Å². The average molecular weight is 574 g/mol. The Morgan fingerprint density at radius 2 is 0.822 bits per heavy atom. The second kappa shape index (κ2) is 10.0. The Hall–Kier alpha value is -5.99. The van der Waals surface area contributed by atoms with E-state index in [-0.39, 0.29) is 5.56 Å². The van der Waals surface area contributed by atoms with E-state index in [1.807, 2.05) is 34.9 Å². The van der Waals surface area contributed by atoms with Crippen molar-refractivity contribution in [3.63, 3.8) is 0 Å². The lowest BCUT2D eigenvalue weighted by atomic mass is 9.91. The predicted octanol–water partition coefficient (Wildman–Crippen LogP) is 10.9. The molecular formula is C43H27NO. The standard InChI is InChI=1S/C43H27NO/c45-43-38-20-9-8-19-36(38)40-26-29(28-12-2-1-3-13-28)23-25-42(40)44(43)41-21-11-10-14-31(41)30-22-24-37-34-17-5-4-15-32(34)33-16-6-7-18-35(33)39(37)27-30/h1-27H. The monoisotopic (exact) mass is 573 g/mol. The number of para-hydroxylation sites is 1.